The highest BCUT2D eigenvalue weighted by atomic mass is 32.2. The van der Waals surface area contributed by atoms with Gasteiger partial charge in [-0.1, -0.05) is 22.9 Å². The smallest absolute Gasteiger partial charge is 0.269 e. The first-order valence-corrected chi connectivity index (χ1v) is 11.9. The van der Waals surface area contributed by atoms with Crippen molar-refractivity contribution < 1.29 is 17.7 Å². The third-order valence-electron chi connectivity index (χ3n) is 4.71. The summed E-state index contributed by atoms with van der Waals surface area (Å²) >= 11 is 1.24. The zero-order valence-corrected chi connectivity index (χ0v) is 18.9. The van der Waals surface area contributed by atoms with E-state index in [-0.39, 0.29) is 10.8 Å². The SMILES string of the molecule is CCOc1ccc(-c2noc(-c3sccc3S(=O)(=O)N(C)c3ccc(C)cc3)n2)cc1. The molecule has 31 heavy (non-hydrogen) atoms. The molecule has 2 aromatic heterocycles. The first kappa shape index (κ1) is 21.1. The van der Waals surface area contributed by atoms with Crippen LogP contribution in [-0.2, 0) is 10.0 Å². The van der Waals surface area contributed by atoms with Crippen LogP contribution in [0.1, 0.15) is 12.5 Å². The van der Waals surface area contributed by atoms with E-state index in [9.17, 15) is 8.42 Å². The molecule has 0 spiro atoms. The summed E-state index contributed by atoms with van der Waals surface area (Å²) in [4.78, 5) is 4.96. The molecule has 0 atom stereocenters. The van der Waals surface area contributed by atoms with Gasteiger partial charge in [-0.05, 0) is 61.7 Å². The number of rotatable bonds is 7. The predicted molar refractivity (Wildman–Crippen MR) is 121 cm³/mol. The largest absolute Gasteiger partial charge is 0.494 e. The maximum Gasteiger partial charge on any atom is 0.269 e. The molecule has 0 fully saturated rings. The lowest BCUT2D eigenvalue weighted by Crippen LogP contribution is -2.26. The molecule has 0 saturated heterocycles. The van der Waals surface area contributed by atoms with E-state index >= 15 is 0 Å². The number of anilines is 1. The molecule has 2 aromatic carbocycles. The molecular weight excluding hydrogens is 434 g/mol. The van der Waals surface area contributed by atoms with Gasteiger partial charge >= 0.3 is 0 Å². The summed E-state index contributed by atoms with van der Waals surface area (Å²) < 4.78 is 38.7. The van der Waals surface area contributed by atoms with E-state index < -0.39 is 10.0 Å². The Labute approximate surface area is 185 Å². The van der Waals surface area contributed by atoms with Crippen molar-refractivity contribution in [2.75, 3.05) is 18.0 Å². The second-order valence-electron chi connectivity index (χ2n) is 6.80. The molecule has 4 rings (SSSR count). The van der Waals surface area contributed by atoms with Crippen LogP contribution in [0.2, 0.25) is 0 Å². The molecule has 0 aliphatic heterocycles. The summed E-state index contributed by atoms with van der Waals surface area (Å²) in [5.74, 6) is 1.29. The van der Waals surface area contributed by atoms with Crippen LogP contribution in [0.25, 0.3) is 22.2 Å². The lowest BCUT2D eigenvalue weighted by atomic mass is 10.2. The Morgan fingerprint density at radius 3 is 2.45 bits per heavy atom. The predicted octanol–water partition coefficient (Wildman–Crippen LogP) is 5.00. The number of aromatic nitrogens is 2. The molecule has 0 bridgehead atoms. The summed E-state index contributed by atoms with van der Waals surface area (Å²) in [6.07, 6.45) is 0. The van der Waals surface area contributed by atoms with Crippen LogP contribution < -0.4 is 9.04 Å². The Morgan fingerprint density at radius 2 is 1.77 bits per heavy atom. The number of sulfonamides is 1. The van der Waals surface area contributed by atoms with E-state index in [0.29, 0.717) is 23.0 Å². The topological polar surface area (TPSA) is 85.5 Å². The molecule has 4 aromatic rings. The van der Waals surface area contributed by atoms with Gasteiger partial charge in [0.2, 0.25) is 5.82 Å². The standard InChI is InChI=1S/C22H21N3O4S2/c1-4-28-18-11-7-16(8-12-18)21-23-22(29-24-21)20-19(13-14-30-20)31(26,27)25(3)17-9-5-15(2)6-10-17/h5-14H,4H2,1-3H3. The highest BCUT2D eigenvalue weighted by Crippen LogP contribution is 2.35. The van der Waals surface area contributed by atoms with Crippen LogP contribution in [0.4, 0.5) is 5.69 Å². The number of hydrogen-bond acceptors (Lipinski definition) is 7. The molecule has 0 N–H and O–H groups in total. The van der Waals surface area contributed by atoms with Crippen molar-refractivity contribution >= 4 is 27.0 Å². The third kappa shape index (κ3) is 4.19. The number of benzene rings is 2. The second-order valence-corrected chi connectivity index (χ2v) is 9.66. The van der Waals surface area contributed by atoms with Crippen LogP contribution in [0.3, 0.4) is 0 Å². The molecule has 0 unspecified atom stereocenters. The van der Waals surface area contributed by atoms with Gasteiger partial charge < -0.3 is 9.26 Å². The normalized spacial score (nSPS) is 11.5. The van der Waals surface area contributed by atoms with E-state index in [4.69, 9.17) is 9.26 Å². The Morgan fingerprint density at radius 1 is 1.06 bits per heavy atom. The summed E-state index contributed by atoms with van der Waals surface area (Å²) in [6, 6.07) is 16.2. The minimum Gasteiger partial charge on any atom is -0.494 e. The van der Waals surface area contributed by atoms with Crippen LogP contribution in [0.5, 0.6) is 5.75 Å². The van der Waals surface area contributed by atoms with E-state index in [1.807, 2.05) is 50.2 Å². The molecule has 0 saturated carbocycles. The molecule has 0 aliphatic carbocycles. The summed E-state index contributed by atoms with van der Waals surface area (Å²) in [7, 11) is -2.28. The van der Waals surface area contributed by atoms with Crippen molar-refractivity contribution in [2.24, 2.45) is 0 Å². The Bertz CT molecular complexity index is 1280. The summed E-state index contributed by atoms with van der Waals surface area (Å²) in [6.45, 7) is 4.45. The van der Waals surface area contributed by atoms with Gasteiger partial charge in [0.15, 0.2) is 0 Å². The molecule has 7 nitrogen and oxygen atoms in total. The van der Waals surface area contributed by atoms with Crippen molar-refractivity contribution in [3.8, 4) is 27.9 Å². The number of nitrogens with zero attached hydrogens (tertiary/aromatic N) is 3. The quantitative estimate of drug-likeness (QED) is 0.390. The van der Waals surface area contributed by atoms with Crippen molar-refractivity contribution in [1.82, 2.24) is 10.1 Å². The summed E-state index contributed by atoms with van der Waals surface area (Å²) in [5, 5.41) is 5.73. The van der Waals surface area contributed by atoms with Gasteiger partial charge in [0.25, 0.3) is 15.9 Å². The zero-order valence-electron chi connectivity index (χ0n) is 17.3. The Kier molecular flexibility index (Phi) is 5.79. The highest BCUT2D eigenvalue weighted by Gasteiger charge is 2.28. The van der Waals surface area contributed by atoms with E-state index in [0.717, 1.165) is 16.9 Å². The van der Waals surface area contributed by atoms with Gasteiger partial charge in [0.1, 0.15) is 15.5 Å². The van der Waals surface area contributed by atoms with Gasteiger partial charge in [-0.15, -0.1) is 11.3 Å². The number of hydrogen-bond donors (Lipinski definition) is 0. The van der Waals surface area contributed by atoms with Gasteiger partial charge in [0, 0.05) is 12.6 Å². The fourth-order valence-corrected chi connectivity index (χ4v) is 5.51. The molecule has 2 heterocycles. The van der Waals surface area contributed by atoms with Gasteiger partial charge in [-0.2, -0.15) is 4.98 Å². The number of ether oxygens (including phenoxy) is 1. The molecule has 0 amide bonds. The van der Waals surface area contributed by atoms with Crippen LogP contribution >= 0.6 is 11.3 Å². The Balaban J connectivity index is 1.65. The lowest BCUT2D eigenvalue weighted by Gasteiger charge is -2.19. The van der Waals surface area contributed by atoms with E-state index in [1.165, 1.54) is 22.7 Å². The van der Waals surface area contributed by atoms with Crippen molar-refractivity contribution in [3.05, 3.63) is 65.5 Å². The van der Waals surface area contributed by atoms with Crippen LogP contribution in [0, 0.1) is 6.92 Å². The van der Waals surface area contributed by atoms with Crippen LogP contribution in [0.15, 0.2) is 69.4 Å². The first-order valence-electron chi connectivity index (χ1n) is 9.60. The third-order valence-corrected chi connectivity index (χ3v) is 7.57. The fraction of sp³-hybridized carbons (Fsp3) is 0.182. The van der Waals surface area contributed by atoms with E-state index in [2.05, 4.69) is 10.1 Å². The van der Waals surface area contributed by atoms with Crippen molar-refractivity contribution in [2.45, 2.75) is 18.7 Å². The zero-order chi connectivity index (χ0) is 22.0. The van der Waals surface area contributed by atoms with Crippen molar-refractivity contribution in [3.63, 3.8) is 0 Å². The Hall–Kier alpha value is -3.17. The highest BCUT2D eigenvalue weighted by molar-refractivity contribution is 7.93. The first-order chi connectivity index (χ1) is 14.9. The number of thiophene rings is 1. The molecule has 160 valence electrons. The minimum absolute atomic E-state index is 0.127. The van der Waals surface area contributed by atoms with Crippen LogP contribution in [-0.4, -0.2) is 32.2 Å². The fourth-order valence-electron chi connectivity index (χ4n) is 3.00. The van der Waals surface area contributed by atoms with E-state index in [1.54, 1.807) is 23.6 Å². The summed E-state index contributed by atoms with van der Waals surface area (Å²) in [5.41, 5.74) is 2.37. The lowest BCUT2D eigenvalue weighted by molar-refractivity contribution is 0.340. The molecule has 0 radical (unpaired) electrons. The maximum atomic E-state index is 13.3. The second kappa shape index (κ2) is 8.52. The molecule has 9 heteroatoms. The van der Waals surface area contributed by atoms with Crippen molar-refractivity contribution in [1.29, 1.82) is 0 Å². The van der Waals surface area contributed by atoms with Gasteiger partial charge in [-0.25, -0.2) is 8.42 Å². The van der Waals surface area contributed by atoms with Gasteiger partial charge in [-0.3, -0.25) is 4.31 Å². The average Bonchev–Trinajstić information content (AvgIpc) is 3.44. The molecule has 0 aliphatic rings. The minimum atomic E-state index is -3.81. The maximum absolute atomic E-state index is 13.3. The molecular formula is C22H21N3O4S2. The van der Waals surface area contributed by atoms with Gasteiger partial charge in [0.05, 0.1) is 12.3 Å². The monoisotopic (exact) mass is 455 g/mol. The number of aryl methyl sites for hydroxylation is 1. The average molecular weight is 456 g/mol.